The zero-order chi connectivity index (χ0) is 16.8. The first-order valence-corrected chi connectivity index (χ1v) is 8.63. The van der Waals surface area contributed by atoms with Crippen LogP contribution < -0.4 is 5.32 Å². The van der Waals surface area contributed by atoms with Crippen LogP contribution in [0.5, 0.6) is 0 Å². The van der Waals surface area contributed by atoms with E-state index in [1.807, 2.05) is 24.3 Å². The Bertz CT molecular complexity index is 755. The Kier molecular flexibility index (Phi) is 5.41. The molecule has 1 aromatic heterocycles. The van der Waals surface area contributed by atoms with Gasteiger partial charge in [0.2, 0.25) is 0 Å². The highest BCUT2D eigenvalue weighted by atomic mass is 16.5. The van der Waals surface area contributed by atoms with Gasteiger partial charge in [0, 0.05) is 6.54 Å². The molecule has 1 heterocycles. The number of allylic oxidation sites excluding steroid dienone is 1. The number of carbonyl (C=O) groups excluding carboxylic acids is 1. The number of anilines is 1. The third kappa shape index (κ3) is 3.91. The van der Waals surface area contributed by atoms with E-state index in [9.17, 15) is 4.79 Å². The molecule has 5 heteroatoms. The van der Waals surface area contributed by atoms with Crippen molar-refractivity contribution in [2.45, 2.75) is 39.0 Å². The zero-order valence-electron chi connectivity index (χ0n) is 14.0. The Labute approximate surface area is 142 Å². The van der Waals surface area contributed by atoms with Crippen molar-refractivity contribution in [3.63, 3.8) is 0 Å². The van der Waals surface area contributed by atoms with Crippen molar-refractivity contribution in [3.8, 4) is 0 Å². The van der Waals surface area contributed by atoms with Crippen molar-refractivity contribution >= 4 is 22.8 Å². The predicted molar refractivity (Wildman–Crippen MR) is 95.2 cm³/mol. The van der Waals surface area contributed by atoms with E-state index in [0.717, 1.165) is 18.5 Å². The van der Waals surface area contributed by atoms with Crippen LogP contribution in [0.4, 0.5) is 5.82 Å². The van der Waals surface area contributed by atoms with E-state index in [1.54, 1.807) is 6.92 Å². The molecule has 1 aliphatic carbocycles. The quantitative estimate of drug-likeness (QED) is 0.639. The van der Waals surface area contributed by atoms with Gasteiger partial charge in [0.1, 0.15) is 0 Å². The maximum atomic E-state index is 12.2. The lowest BCUT2D eigenvalue weighted by atomic mass is 9.97. The second kappa shape index (κ2) is 7.90. The van der Waals surface area contributed by atoms with Gasteiger partial charge >= 0.3 is 5.97 Å². The van der Waals surface area contributed by atoms with E-state index in [2.05, 4.69) is 21.4 Å². The lowest BCUT2D eigenvalue weighted by Crippen LogP contribution is -2.15. The lowest BCUT2D eigenvalue weighted by molar-refractivity contribution is 0.0521. The van der Waals surface area contributed by atoms with Crippen LogP contribution >= 0.6 is 0 Å². The molecule has 1 aliphatic rings. The van der Waals surface area contributed by atoms with Crippen LogP contribution in [0, 0.1) is 0 Å². The third-order valence-electron chi connectivity index (χ3n) is 4.16. The molecule has 0 saturated carbocycles. The summed E-state index contributed by atoms with van der Waals surface area (Å²) in [6.07, 6.45) is 8.23. The van der Waals surface area contributed by atoms with Gasteiger partial charge in [0.25, 0.3) is 0 Å². The van der Waals surface area contributed by atoms with Gasteiger partial charge in [-0.25, -0.2) is 14.8 Å². The van der Waals surface area contributed by atoms with Gasteiger partial charge in [-0.15, -0.1) is 0 Å². The van der Waals surface area contributed by atoms with E-state index >= 15 is 0 Å². The number of nitrogens with one attached hydrogen (secondary N) is 1. The van der Waals surface area contributed by atoms with Crippen molar-refractivity contribution in [1.29, 1.82) is 0 Å². The minimum atomic E-state index is -0.435. The molecule has 0 bridgehead atoms. The van der Waals surface area contributed by atoms with E-state index < -0.39 is 5.97 Å². The molecule has 0 atom stereocenters. The first-order valence-electron chi connectivity index (χ1n) is 8.63. The summed E-state index contributed by atoms with van der Waals surface area (Å²) in [5.41, 5.74) is 3.21. The van der Waals surface area contributed by atoms with Crippen molar-refractivity contribution < 1.29 is 9.53 Å². The van der Waals surface area contributed by atoms with Crippen LogP contribution in [0.1, 0.15) is 49.5 Å². The predicted octanol–water partition coefficient (Wildman–Crippen LogP) is 4.11. The number of carbonyl (C=O) groups is 1. The summed E-state index contributed by atoms with van der Waals surface area (Å²) in [6, 6.07) is 7.54. The van der Waals surface area contributed by atoms with Crippen LogP contribution in [0.3, 0.4) is 0 Å². The highest BCUT2D eigenvalue weighted by Crippen LogP contribution is 2.21. The van der Waals surface area contributed by atoms with Gasteiger partial charge in [-0.2, -0.15) is 0 Å². The van der Waals surface area contributed by atoms with Gasteiger partial charge in [-0.05, 0) is 51.2 Å². The molecule has 0 amide bonds. The molecule has 0 saturated heterocycles. The molecular formula is C19H23N3O2. The smallest absolute Gasteiger partial charge is 0.360 e. The number of fused-ring (bicyclic) bond motifs is 1. The summed E-state index contributed by atoms with van der Waals surface area (Å²) in [4.78, 5) is 21.2. The maximum absolute atomic E-state index is 12.2. The number of rotatable bonds is 6. The van der Waals surface area contributed by atoms with Crippen LogP contribution in [-0.2, 0) is 4.74 Å². The lowest BCUT2D eigenvalue weighted by Gasteiger charge is -2.14. The summed E-state index contributed by atoms with van der Waals surface area (Å²) >= 11 is 0. The molecule has 0 aliphatic heterocycles. The topological polar surface area (TPSA) is 64.1 Å². The molecular weight excluding hydrogens is 302 g/mol. The van der Waals surface area contributed by atoms with Crippen molar-refractivity contribution in [2.24, 2.45) is 0 Å². The fourth-order valence-corrected chi connectivity index (χ4v) is 2.94. The molecule has 2 aromatic rings. The molecule has 5 nitrogen and oxygen atoms in total. The normalized spacial score (nSPS) is 14.3. The average Bonchev–Trinajstić information content (AvgIpc) is 2.62. The van der Waals surface area contributed by atoms with Crippen molar-refractivity contribution in [1.82, 2.24) is 9.97 Å². The number of aromatic nitrogens is 2. The molecule has 0 fully saturated rings. The number of nitrogens with zero attached hydrogens (tertiary/aromatic N) is 2. The number of para-hydroxylation sites is 2. The Balaban J connectivity index is 1.79. The van der Waals surface area contributed by atoms with Gasteiger partial charge in [-0.1, -0.05) is 23.8 Å². The zero-order valence-corrected chi connectivity index (χ0v) is 14.0. The number of benzene rings is 1. The minimum absolute atomic E-state index is 0.258. The van der Waals surface area contributed by atoms with Gasteiger partial charge in [-0.3, -0.25) is 0 Å². The number of ether oxygens (including phenoxy) is 1. The summed E-state index contributed by atoms with van der Waals surface area (Å²) in [5, 5.41) is 3.28. The first-order chi connectivity index (χ1) is 11.8. The SMILES string of the molecule is CCOC(=O)c1nc2ccccc2nc1NCCC1=CCCCC1. The summed E-state index contributed by atoms with van der Waals surface area (Å²) < 4.78 is 5.12. The van der Waals surface area contributed by atoms with E-state index in [0.29, 0.717) is 17.9 Å². The Hall–Kier alpha value is -2.43. The first kappa shape index (κ1) is 16.4. The molecule has 126 valence electrons. The van der Waals surface area contributed by atoms with Crippen LogP contribution in [0.2, 0.25) is 0 Å². The highest BCUT2D eigenvalue weighted by molar-refractivity contribution is 5.95. The summed E-state index contributed by atoms with van der Waals surface area (Å²) in [5.74, 6) is 0.0682. The molecule has 1 N–H and O–H groups in total. The Morgan fingerprint density at radius 3 is 2.71 bits per heavy atom. The summed E-state index contributed by atoms with van der Waals surface area (Å²) in [7, 11) is 0. The second-order valence-corrected chi connectivity index (χ2v) is 5.91. The number of hydrogen-bond acceptors (Lipinski definition) is 5. The Morgan fingerprint density at radius 1 is 1.21 bits per heavy atom. The van der Waals surface area contributed by atoms with Gasteiger partial charge < -0.3 is 10.1 Å². The second-order valence-electron chi connectivity index (χ2n) is 5.91. The molecule has 3 rings (SSSR count). The highest BCUT2D eigenvalue weighted by Gasteiger charge is 2.17. The summed E-state index contributed by atoms with van der Waals surface area (Å²) in [6.45, 7) is 2.85. The molecule has 1 aromatic carbocycles. The van der Waals surface area contributed by atoms with E-state index in [4.69, 9.17) is 4.74 Å². The van der Waals surface area contributed by atoms with Crippen LogP contribution in [0.25, 0.3) is 11.0 Å². The van der Waals surface area contributed by atoms with E-state index in [-0.39, 0.29) is 5.69 Å². The maximum Gasteiger partial charge on any atom is 0.360 e. The van der Waals surface area contributed by atoms with Gasteiger partial charge in [0.15, 0.2) is 11.5 Å². The number of hydrogen-bond donors (Lipinski definition) is 1. The van der Waals surface area contributed by atoms with Crippen LogP contribution in [0.15, 0.2) is 35.9 Å². The van der Waals surface area contributed by atoms with Crippen LogP contribution in [-0.4, -0.2) is 29.1 Å². The Morgan fingerprint density at radius 2 is 2.00 bits per heavy atom. The monoisotopic (exact) mass is 325 g/mol. The molecule has 24 heavy (non-hydrogen) atoms. The molecule has 0 unspecified atom stereocenters. The minimum Gasteiger partial charge on any atom is -0.461 e. The largest absolute Gasteiger partial charge is 0.461 e. The van der Waals surface area contributed by atoms with Gasteiger partial charge in [0.05, 0.1) is 17.6 Å². The molecule has 0 radical (unpaired) electrons. The molecule has 0 spiro atoms. The third-order valence-corrected chi connectivity index (χ3v) is 4.16. The van der Waals surface area contributed by atoms with Crippen molar-refractivity contribution in [3.05, 3.63) is 41.6 Å². The van der Waals surface area contributed by atoms with E-state index in [1.165, 1.54) is 31.3 Å². The fraction of sp³-hybridized carbons (Fsp3) is 0.421. The fourth-order valence-electron chi connectivity index (χ4n) is 2.94. The number of esters is 1. The van der Waals surface area contributed by atoms with Crippen molar-refractivity contribution in [2.75, 3.05) is 18.5 Å². The standard InChI is InChI=1S/C19H23N3O2/c1-2-24-19(23)17-18(20-13-12-14-8-4-3-5-9-14)22-16-11-7-6-10-15(16)21-17/h6-8,10-11H,2-5,9,12-13H2,1H3,(H,20,22). The average molecular weight is 325 g/mol.